The molecule has 0 radical (unpaired) electrons. The van der Waals surface area contributed by atoms with Crippen molar-refractivity contribution < 1.29 is 20.8 Å². The van der Waals surface area contributed by atoms with Crippen molar-refractivity contribution in [3.8, 4) is 0 Å². The van der Waals surface area contributed by atoms with Crippen molar-refractivity contribution >= 4 is 30.9 Å². The fourth-order valence-electron chi connectivity index (χ4n) is 0.606. The van der Waals surface area contributed by atoms with Crippen LogP contribution in [0.25, 0.3) is 0 Å². The van der Waals surface area contributed by atoms with Gasteiger partial charge in [0.25, 0.3) is 0 Å². The summed E-state index contributed by atoms with van der Waals surface area (Å²) in [6, 6.07) is 0. The molecule has 0 spiro atoms. The summed E-state index contributed by atoms with van der Waals surface area (Å²) in [7, 11) is -2.30. The summed E-state index contributed by atoms with van der Waals surface area (Å²) >= 11 is 1.92. The van der Waals surface area contributed by atoms with Gasteiger partial charge in [0.2, 0.25) is 0 Å². The predicted molar refractivity (Wildman–Crippen MR) is 62.8 cm³/mol. The van der Waals surface area contributed by atoms with Crippen LogP contribution in [-0.2, 0) is 13.9 Å². The second-order valence-corrected chi connectivity index (χ2v) is 8.88. The van der Waals surface area contributed by atoms with E-state index in [-0.39, 0.29) is 0 Å². The van der Waals surface area contributed by atoms with Crippen LogP contribution in [0, 0.1) is 0 Å². The largest absolute Gasteiger partial charge is 0.415 e. The number of hydrogen-bond acceptors (Lipinski definition) is 3. The van der Waals surface area contributed by atoms with E-state index < -0.39 is 33.8 Å². The lowest BCUT2D eigenvalue weighted by Crippen LogP contribution is -2.31. The lowest BCUT2D eigenvalue weighted by Gasteiger charge is -2.19. The Kier molecular flexibility index (Phi) is 2.50. The normalized spacial score (nSPS) is 45.8. The zero-order valence-electron chi connectivity index (χ0n) is 12.9. The van der Waals surface area contributed by atoms with Gasteiger partial charge in [0.05, 0.1) is 24.4 Å². The molecule has 0 bridgehead atoms. The summed E-state index contributed by atoms with van der Waals surface area (Å²) < 4.78 is 54.6. The summed E-state index contributed by atoms with van der Waals surface area (Å²) in [5.41, 5.74) is 0. The monoisotopic (exact) mass is 321 g/mol. The number of ether oxygens (including phenoxy) is 2. The fourth-order valence-corrected chi connectivity index (χ4v) is 1.36. The Labute approximate surface area is 101 Å². The van der Waals surface area contributed by atoms with Crippen molar-refractivity contribution in [2.24, 2.45) is 0 Å². The van der Waals surface area contributed by atoms with Crippen LogP contribution in [-0.4, -0.2) is 38.2 Å². The molecule has 1 rings (SSSR count). The SMILES string of the molecule is [2H]C1([2H])OC(CI)OC1([2H])C([2H])([2H])O[Si](C)(C)C. The van der Waals surface area contributed by atoms with Crippen LogP contribution < -0.4 is 0 Å². The predicted octanol–water partition coefficient (Wildman–Crippen LogP) is 2.01. The van der Waals surface area contributed by atoms with E-state index >= 15 is 0 Å². The summed E-state index contributed by atoms with van der Waals surface area (Å²) in [5.74, 6) is 0. The first-order valence-electron chi connectivity index (χ1n) is 6.46. The minimum atomic E-state index is -2.58. The van der Waals surface area contributed by atoms with Crippen LogP contribution in [0.2, 0.25) is 19.6 Å². The van der Waals surface area contributed by atoms with Gasteiger partial charge in [-0.1, -0.05) is 22.6 Å². The van der Waals surface area contributed by atoms with Crippen LogP contribution in [0.5, 0.6) is 0 Å². The highest BCUT2D eigenvalue weighted by atomic mass is 127. The van der Waals surface area contributed by atoms with E-state index in [0.29, 0.717) is 4.43 Å². The molecule has 0 amide bonds. The molecule has 2 unspecified atom stereocenters. The maximum atomic E-state index is 8.00. The van der Waals surface area contributed by atoms with E-state index in [0.717, 1.165) is 0 Å². The van der Waals surface area contributed by atoms with Crippen molar-refractivity contribution in [1.29, 1.82) is 0 Å². The van der Waals surface area contributed by atoms with E-state index in [1.807, 2.05) is 22.6 Å². The summed E-state index contributed by atoms with van der Waals surface area (Å²) in [6.07, 6.45) is -3.48. The maximum absolute atomic E-state index is 8.00. The third kappa shape index (κ3) is 4.73. The third-order valence-corrected chi connectivity index (χ3v) is 2.54. The van der Waals surface area contributed by atoms with Gasteiger partial charge in [-0.15, -0.1) is 0 Å². The molecule has 5 heteroatoms. The summed E-state index contributed by atoms with van der Waals surface area (Å²) in [5, 5.41) is 0. The van der Waals surface area contributed by atoms with E-state index in [2.05, 4.69) is 0 Å². The smallest absolute Gasteiger partial charge is 0.183 e. The minimum absolute atomic E-state index is 0.306. The molecule has 3 nitrogen and oxygen atoms in total. The van der Waals surface area contributed by atoms with Gasteiger partial charge in [0.15, 0.2) is 14.6 Å². The van der Waals surface area contributed by atoms with E-state index in [1.165, 1.54) is 0 Å². The first kappa shape index (κ1) is 6.42. The average Bonchev–Trinajstić information content (AvgIpc) is 2.35. The average molecular weight is 321 g/mol. The van der Waals surface area contributed by atoms with E-state index in [1.54, 1.807) is 19.6 Å². The van der Waals surface area contributed by atoms with Crippen LogP contribution in [0.1, 0.15) is 6.85 Å². The number of rotatable bonds is 4. The van der Waals surface area contributed by atoms with Crippen LogP contribution in [0.4, 0.5) is 0 Å². The molecule has 0 N–H and O–H groups in total. The Morgan fingerprint density at radius 3 is 2.92 bits per heavy atom. The zero-order chi connectivity index (χ0) is 14.4. The molecule has 1 fully saturated rings. The molecule has 78 valence electrons. The quantitative estimate of drug-likeness (QED) is 0.450. The first-order valence-corrected chi connectivity index (χ1v) is 8.90. The van der Waals surface area contributed by atoms with Crippen LogP contribution in [0.3, 0.4) is 0 Å². The highest BCUT2D eigenvalue weighted by Crippen LogP contribution is 2.15. The molecule has 0 aromatic rings. The van der Waals surface area contributed by atoms with Gasteiger partial charge >= 0.3 is 0 Å². The second-order valence-electron chi connectivity index (χ2n) is 3.57. The van der Waals surface area contributed by atoms with Gasteiger partial charge in [0.1, 0.15) is 6.08 Å². The Balaban J connectivity index is 3.04. The molecule has 1 aliphatic rings. The highest BCUT2D eigenvalue weighted by Gasteiger charge is 2.26. The van der Waals surface area contributed by atoms with Gasteiger partial charge in [-0.2, -0.15) is 0 Å². The van der Waals surface area contributed by atoms with Crippen LogP contribution in [0.15, 0.2) is 0 Å². The van der Waals surface area contributed by atoms with Crippen molar-refractivity contribution in [2.45, 2.75) is 32.0 Å². The highest BCUT2D eigenvalue weighted by molar-refractivity contribution is 14.1. The standard InChI is InChI=1S/C8H17IO3Si/c1-13(2,3)11-6-7-5-10-8(4-9)12-7/h7-8H,4-6H2,1-3H3/i5D2,6D2,7D. The van der Waals surface area contributed by atoms with E-state index in [4.69, 9.17) is 20.8 Å². The molecule has 13 heavy (non-hydrogen) atoms. The van der Waals surface area contributed by atoms with Gasteiger partial charge in [0, 0.05) is 0 Å². The Hall–Kier alpha value is 0.827. The molecule has 1 saturated heterocycles. The van der Waals surface area contributed by atoms with Gasteiger partial charge in [-0.3, -0.25) is 0 Å². The molecular weight excluding hydrogens is 299 g/mol. The first-order chi connectivity index (χ1) is 7.85. The zero-order valence-corrected chi connectivity index (χ0v) is 11.0. The molecule has 0 aromatic carbocycles. The van der Waals surface area contributed by atoms with Crippen molar-refractivity contribution in [2.75, 3.05) is 17.5 Å². The number of halogens is 1. The topological polar surface area (TPSA) is 27.7 Å². The third-order valence-electron chi connectivity index (χ3n) is 1.11. The van der Waals surface area contributed by atoms with Crippen molar-refractivity contribution in [3.05, 3.63) is 0 Å². The fraction of sp³-hybridized carbons (Fsp3) is 1.00. The molecule has 2 atom stereocenters. The Morgan fingerprint density at radius 1 is 1.77 bits per heavy atom. The molecule has 1 aliphatic heterocycles. The van der Waals surface area contributed by atoms with Gasteiger partial charge < -0.3 is 13.9 Å². The lowest BCUT2D eigenvalue weighted by atomic mass is 10.4. The molecule has 1 heterocycles. The molecule has 0 aliphatic carbocycles. The minimum Gasteiger partial charge on any atom is -0.415 e. The lowest BCUT2D eigenvalue weighted by molar-refractivity contribution is -0.0436. The molecule has 0 saturated carbocycles. The van der Waals surface area contributed by atoms with Crippen molar-refractivity contribution in [1.82, 2.24) is 0 Å². The van der Waals surface area contributed by atoms with Gasteiger partial charge in [-0.25, -0.2) is 0 Å². The Bertz CT molecular complexity index is 324. The van der Waals surface area contributed by atoms with E-state index in [9.17, 15) is 0 Å². The van der Waals surface area contributed by atoms with Crippen molar-refractivity contribution in [3.63, 3.8) is 0 Å². The Morgan fingerprint density at radius 2 is 2.46 bits per heavy atom. The number of alkyl halides is 1. The second kappa shape index (κ2) is 5.06. The summed E-state index contributed by atoms with van der Waals surface area (Å²) in [6.45, 7) is 0.133. The number of hydrogen-bond donors (Lipinski definition) is 0. The molecule has 0 aromatic heterocycles. The molecular formula is C8H17IO3Si. The van der Waals surface area contributed by atoms with Crippen LogP contribution >= 0.6 is 22.6 Å². The van der Waals surface area contributed by atoms with Gasteiger partial charge in [-0.05, 0) is 19.6 Å². The summed E-state index contributed by atoms with van der Waals surface area (Å²) in [4.78, 5) is 0. The maximum Gasteiger partial charge on any atom is 0.183 e.